The summed E-state index contributed by atoms with van der Waals surface area (Å²) in [6.45, 7) is 4.52. The third kappa shape index (κ3) is 5.89. The molecule has 0 saturated heterocycles. The Labute approximate surface area is 164 Å². The standard InChI is InChI=1S/C25H32N2/c1-3-5-21-6-8-22(9-7-21)18-26-27-19-23-12-16-25(17-13-23)24-14-10-20(4-2)11-15-24/h6-9,12-13,16-20,24H,3-5,10-11,14-15H2,1-2H3/b26-18+,27-19+. The largest absolute Gasteiger partial charge is 0.159 e. The van der Waals surface area contributed by atoms with E-state index in [9.17, 15) is 0 Å². The topological polar surface area (TPSA) is 24.7 Å². The van der Waals surface area contributed by atoms with Crippen molar-refractivity contribution in [3.05, 3.63) is 70.8 Å². The molecule has 0 spiro atoms. The lowest BCUT2D eigenvalue weighted by Crippen LogP contribution is -2.12. The van der Waals surface area contributed by atoms with Crippen molar-refractivity contribution >= 4 is 12.4 Å². The van der Waals surface area contributed by atoms with E-state index in [0.717, 1.165) is 29.4 Å². The van der Waals surface area contributed by atoms with E-state index in [0.29, 0.717) is 0 Å². The third-order valence-corrected chi connectivity index (χ3v) is 5.83. The van der Waals surface area contributed by atoms with Gasteiger partial charge >= 0.3 is 0 Å². The molecule has 2 nitrogen and oxygen atoms in total. The lowest BCUT2D eigenvalue weighted by molar-refractivity contribution is 0.319. The van der Waals surface area contributed by atoms with Crippen LogP contribution in [0.2, 0.25) is 0 Å². The molecule has 1 fully saturated rings. The molecule has 2 heteroatoms. The molecule has 0 heterocycles. The molecule has 142 valence electrons. The second-order valence-electron chi connectivity index (χ2n) is 7.77. The van der Waals surface area contributed by atoms with E-state index in [-0.39, 0.29) is 0 Å². The van der Waals surface area contributed by atoms with Crippen molar-refractivity contribution in [3.63, 3.8) is 0 Å². The zero-order valence-corrected chi connectivity index (χ0v) is 16.8. The van der Waals surface area contributed by atoms with Crippen LogP contribution >= 0.6 is 0 Å². The monoisotopic (exact) mass is 360 g/mol. The van der Waals surface area contributed by atoms with Gasteiger partial charge in [0.25, 0.3) is 0 Å². The van der Waals surface area contributed by atoms with Crippen LogP contribution in [0.5, 0.6) is 0 Å². The van der Waals surface area contributed by atoms with Crippen LogP contribution in [0.15, 0.2) is 58.7 Å². The van der Waals surface area contributed by atoms with Crippen LogP contribution in [0.1, 0.15) is 80.5 Å². The van der Waals surface area contributed by atoms with Crippen LogP contribution < -0.4 is 0 Å². The van der Waals surface area contributed by atoms with Crippen LogP contribution in [-0.4, -0.2) is 12.4 Å². The summed E-state index contributed by atoms with van der Waals surface area (Å²) in [5.41, 5.74) is 5.06. The van der Waals surface area contributed by atoms with Gasteiger partial charge in [0, 0.05) is 0 Å². The fourth-order valence-electron chi connectivity index (χ4n) is 4.02. The highest BCUT2D eigenvalue weighted by atomic mass is 15.2. The maximum absolute atomic E-state index is 4.20. The van der Waals surface area contributed by atoms with Crippen molar-refractivity contribution in [2.45, 2.75) is 64.7 Å². The van der Waals surface area contributed by atoms with Gasteiger partial charge in [0.2, 0.25) is 0 Å². The molecule has 0 amide bonds. The summed E-state index contributed by atoms with van der Waals surface area (Å²) in [5, 5.41) is 8.39. The molecule has 0 bridgehead atoms. The van der Waals surface area contributed by atoms with Crippen LogP contribution in [0.4, 0.5) is 0 Å². The highest BCUT2D eigenvalue weighted by molar-refractivity contribution is 5.82. The zero-order valence-electron chi connectivity index (χ0n) is 16.8. The Morgan fingerprint density at radius 3 is 1.85 bits per heavy atom. The van der Waals surface area contributed by atoms with Gasteiger partial charge in [-0.1, -0.05) is 75.2 Å². The molecular formula is C25H32N2. The quantitative estimate of drug-likeness (QED) is 0.384. The Bertz CT molecular complexity index is 733. The third-order valence-electron chi connectivity index (χ3n) is 5.83. The molecule has 2 aromatic rings. The normalized spacial score (nSPS) is 20.5. The van der Waals surface area contributed by atoms with Gasteiger partial charge in [0.15, 0.2) is 0 Å². The summed E-state index contributed by atoms with van der Waals surface area (Å²) in [6.07, 6.45) is 12.7. The minimum atomic E-state index is 0.743. The summed E-state index contributed by atoms with van der Waals surface area (Å²) in [7, 11) is 0. The minimum Gasteiger partial charge on any atom is -0.159 e. The Kier molecular flexibility index (Phi) is 7.38. The molecule has 1 aliphatic rings. The van der Waals surface area contributed by atoms with E-state index in [2.05, 4.69) is 72.6 Å². The van der Waals surface area contributed by atoms with Gasteiger partial charge < -0.3 is 0 Å². The summed E-state index contributed by atoms with van der Waals surface area (Å²) in [4.78, 5) is 0. The van der Waals surface area contributed by atoms with Crippen LogP contribution in [-0.2, 0) is 6.42 Å². The van der Waals surface area contributed by atoms with Crippen LogP contribution in [0.25, 0.3) is 0 Å². The number of aryl methyl sites for hydroxylation is 1. The molecule has 0 unspecified atom stereocenters. The molecule has 0 aromatic heterocycles. The molecule has 0 atom stereocenters. The first kappa shape index (κ1) is 19.5. The lowest BCUT2D eigenvalue weighted by atomic mass is 9.78. The molecule has 2 aromatic carbocycles. The predicted octanol–water partition coefficient (Wildman–Crippen LogP) is 6.78. The highest BCUT2D eigenvalue weighted by Gasteiger charge is 2.20. The van der Waals surface area contributed by atoms with E-state index in [1.54, 1.807) is 0 Å². The zero-order chi connectivity index (χ0) is 18.9. The number of benzene rings is 2. The van der Waals surface area contributed by atoms with Gasteiger partial charge in [0.1, 0.15) is 0 Å². The molecule has 0 aliphatic heterocycles. The van der Waals surface area contributed by atoms with Gasteiger partial charge in [-0.3, -0.25) is 0 Å². The Morgan fingerprint density at radius 1 is 0.778 bits per heavy atom. The van der Waals surface area contributed by atoms with Crippen LogP contribution in [0, 0.1) is 5.92 Å². The van der Waals surface area contributed by atoms with Crippen LogP contribution in [0.3, 0.4) is 0 Å². The average molecular weight is 361 g/mol. The highest BCUT2D eigenvalue weighted by Crippen LogP contribution is 2.36. The SMILES string of the molecule is CCCc1ccc(/C=N/N=C/c2ccc(C3CCC(CC)CC3)cc2)cc1. The number of rotatable bonds is 7. The molecule has 0 radical (unpaired) electrons. The van der Waals surface area contributed by atoms with Crippen molar-refractivity contribution in [2.75, 3.05) is 0 Å². The Balaban J connectivity index is 1.52. The maximum Gasteiger partial charge on any atom is 0.0568 e. The van der Waals surface area contributed by atoms with Gasteiger partial charge in [-0.15, -0.1) is 0 Å². The minimum absolute atomic E-state index is 0.743. The predicted molar refractivity (Wildman–Crippen MR) is 117 cm³/mol. The molecule has 1 saturated carbocycles. The average Bonchev–Trinajstić information content (AvgIpc) is 2.73. The summed E-state index contributed by atoms with van der Waals surface area (Å²) in [5.74, 6) is 1.70. The van der Waals surface area contributed by atoms with E-state index >= 15 is 0 Å². The summed E-state index contributed by atoms with van der Waals surface area (Å²) < 4.78 is 0. The van der Waals surface area contributed by atoms with E-state index < -0.39 is 0 Å². The number of nitrogens with zero attached hydrogens (tertiary/aromatic N) is 2. The van der Waals surface area contributed by atoms with Gasteiger partial charge in [-0.05, 0) is 66.2 Å². The summed E-state index contributed by atoms with van der Waals surface area (Å²) >= 11 is 0. The first-order chi connectivity index (χ1) is 13.3. The summed E-state index contributed by atoms with van der Waals surface area (Å²) in [6, 6.07) is 17.4. The first-order valence-corrected chi connectivity index (χ1v) is 10.5. The smallest absolute Gasteiger partial charge is 0.0568 e. The lowest BCUT2D eigenvalue weighted by Gasteiger charge is -2.28. The molecule has 1 aliphatic carbocycles. The first-order valence-electron chi connectivity index (χ1n) is 10.5. The van der Waals surface area contributed by atoms with Crippen molar-refractivity contribution in [3.8, 4) is 0 Å². The van der Waals surface area contributed by atoms with E-state index in [4.69, 9.17) is 0 Å². The Morgan fingerprint density at radius 2 is 1.33 bits per heavy atom. The fourth-order valence-corrected chi connectivity index (χ4v) is 4.02. The van der Waals surface area contributed by atoms with Gasteiger partial charge in [0.05, 0.1) is 12.4 Å². The van der Waals surface area contributed by atoms with Crippen molar-refractivity contribution in [2.24, 2.45) is 16.1 Å². The Hall–Kier alpha value is -2.22. The van der Waals surface area contributed by atoms with Crippen molar-refractivity contribution < 1.29 is 0 Å². The molecular weight excluding hydrogens is 328 g/mol. The van der Waals surface area contributed by atoms with Crippen molar-refractivity contribution in [1.29, 1.82) is 0 Å². The second-order valence-corrected chi connectivity index (χ2v) is 7.77. The van der Waals surface area contributed by atoms with Gasteiger partial charge in [-0.25, -0.2) is 0 Å². The molecule has 27 heavy (non-hydrogen) atoms. The molecule has 3 rings (SSSR count). The number of hydrogen-bond acceptors (Lipinski definition) is 2. The maximum atomic E-state index is 4.20. The van der Waals surface area contributed by atoms with Crippen molar-refractivity contribution in [1.82, 2.24) is 0 Å². The number of hydrogen-bond donors (Lipinski definition) is 0. The molecule has 0 N–H and O–H groups in total. The van der Waals surface area contributed by atoms with E-state index in [1.165, 1.54) is 49.7 Å². The second kappa shape index (κ2) is 10.2. The van der Waals surface area contributed by atoms with E-state index in [1.807, 2.05) is 12.4 Å². The fraction of sp³-hybridized carbons (Fsp3) is 0.440. The van der Waals surface area contributed by atoms with Gasteiger partial charge in [-0.2, -0.15) is 10.2 Å².